The summed E-state index contributed by atoms with van der Waals surface area (Å²) in [6.07, 6.45) is 0.359. The molecule has 0 aliphatic rings. The molecule has 1 aromatic rings. The Kier molecular flexibility index (Phi) is 7.25. The normalized spacial score (nSPS) is 10.3. The summed E-state index contributed by atoms with van der Waals surface area (Å²) in [5, 5.41) is 3.09. The molecule has 0 fully saturated rings. The van der Waals surface area contributed by atoms with Crippen LogP contribution in [-0.4, -0.2) is 36.3 Å². The third-order valence-electron chi connectivity index (χ3n) is 2.75. The molecule has 0 saturated carbocycles. The molecule has 0 heterocycles. The van der Waals surface area contributed by atoms with Crippen LogP contribution in [0.15, 0.2) is 28.7 Å². The highest BCUT2D eigenvalue weighted by Crippen LogP contribution is 2.12. The Labute approximate surface area is 127 Å². The molecule has 6 heteroatoms. The van der Waals surface area contributed by atoms with E-state index in [2.05, 4.69) is 21.2 Å². The lowest BCUT2D eigenvalue weighted by atomic mass is 10.2. The summed E-state index contributed by atoms with van der Waals surface area (Å²) >= 11 is 3.36. The molecular formula is C14H20BrN3O2. The first kappa shape index (κ1) is 16.7. The maximum absolute atomic E-state index is 12.1. The maximum Gasteiger partial charge on any atom is 0.237 e. The minimum Gasteiger partial charge on any atom is -0.368 e. The number of primary amides is 1. The SMILES string of the molecule is CCNCCC(=O)N(CC(N)=O)Cc1ccc(Br)cc1. The molecule has 0 bridgehead atoms. The molecule has 0 radical (unpaired) electrons. The molecule has 20 heavy (non-hydrogen) atoms. The van der Waals surface area contributed by atoms with Crippen LogP contribution in [0.3, 0.4) is 0 Å². The van der Waals surface area contributed by atoms with Crippen LogP contribution >= 0.6 is 15.9 Å². The van der Waals surface area contributed by atoms with Gasteiger partial charge in [-0.2, -0.15) is 0 Å². The van der Waals surface area contributed by atoms with Crippen molar-refractivity contribution in [3.63, 3.8) is 0 Å². The van der Waals surface area contributed by atoms with Crippen LogP contribution < -0.4 is 11.1 Å². The molecular weight excluding hydrogens is 322 g/mol. The molecule has 0 spiro atoms. The summed E-state index contributed by atoms with van der Waals surface area (Å²) in [7, 11) is 0. The number of nitrogens with one attached hydrogen (secondary N) is 1. The summed E-state index contributed by atoms with van der Waals surface area (Å²) in [6.45, 7) is 3.73. The van der Waals surface area contributed by atoms with Gasteiger partial charge in [0.15, 0.2) is 0 Å². The van der Waals surface area contributed by atoms with E-state index in [1.807, 2.05) is 31.2 Å². The van der Waals surface area contributed by atoms with E-state index in [0.29, 0.717) is 19.5 Å². The van der Waals surface area contributed by atoms with E-state index in [-0.39, 0.29) is 12.5 Å². The van der Waals surface area contributed by atoms with E-state index in [0.717, 1.165) is 16.6 Å². The monoisotopic (exact) mass is 341 g/mol. The number of rotatable bonds is 8. The Bertz CT molecular complexity index is 448. The quantitative estimate of drug-likeness (QED) is 0.699. The van der Waals surface area contributed by atoms with Gasteiger partial charge in [0, 0.05) is 24.0 Å². The Morgan fingerprint density at radius 2 is 1.95 bits per heavy atom. The molecule has 0 atom stereocenters. The molecule has 2 amide bonds. The van der Waals surface area contributed by atoms with Crippen LogP contribution in [0.1, 0.15) is 18.9 Å². The number of nitrogens with zero attached hydrogens (tertiary/aromatic N) is 1. The van der Waals surface area contributed by atoms with E-state index < -0.39 is 5.91 Å². The van der Waals surface area contributed by atoms with Crippen molar-refractivity contribution in [1.29, 1.82) is 0 Å². The zero-order chi connectivity index (χ0) is 15.0. The van der Waals surface area contributed by atoms with Crippen LogP contribution in [0.2, 0.25) is 0 Å². The molecule has 5 nitrogen and oxygen atoms in total. The first-order valence-electron chi connectivity index (χ1n) is 6.54. The summed E-state index contributed by atoms with van der Waals surface area (Å²) in [4.78, 5) is 24.7. The minimum atomic E-state index is -0.501. The second-order valence-electron chi connectivity index (χ2n) is 4.45. The van der Waals surface area contributed by atoms with Gasteiger partial charge in [0.1, 0.15) is 0 Å². The molecule has 0 saturated heterocycles. The highest BCUT2D eigenvalue weighted by atomic mass is 79.9. The first-order chi connectivity index (χ1) is 9.52. The van der Waals surface area contributed by atoms with Gasteiger partial charge in [-0.15, -0.1) is 0 Å². The number of hydrogen-bond donors (Lipinski definition) is 2. The number of nitrogens with two attached hydrogens (primary N) is 1. The number of carbonyl (C=O) groups excluding carboxylic acids is 2. The third-order valence-corrected chi connectivity index (χ3v) is 3.28. The fraction of sp³-hybridized carbons (Fsp3) is 0.429. The summed E-state index contributed by atoms with van der Waals surface area (Å²) < 4.78 is 0.973. The molecule has 0 aliphatic heterocycles. The van der Waals surface area contributed by atoms with Crippen molar-refractivity contribution in [3.8, 4) is 0 Å². The largest absolute Gasteiger partial charge is 0.368 e. The number of hydrogen-bond acceptors (Lipinski definition) is 3. The number of amides is 2. The molecule has 1 rings (SSSR count). The van der Waals surface area contributed by atoms with Crippen molar-refractivity contribution in [2.75, 3.05) is 19.6 Å². The lowest BCUT2D eigenvalue weighted by Crippen LogP contribution is -2.39. The Morgan fingerprint density at radius 1 is 1.30 bits per heavy atom. The average Bonchev–Trinajstić information content (AvgIpc) is 2.40. The van der Waals surface area contributed by atoms with Gasteiger partial charge >= 0.3 is 0 Å². The zero-order valence-electron chi connectivity index (χ0n) is 11.6. The molecule has 3 N–H and O–H groups in total. The number of carbonyl (C=O) groups is 2. The van der Waals surface area contributed by atoms with Crippen molar-refractivity contribution in [3.05, 3.63) is 34.3 Å². The Balaban J connectivity index is 2.65. The third kappa shape index (κ3) is 6.16. The first-order valence-corrected chi connectivity index (χ1v) is 7.33. The van der Waals surface area contributed by atoms with Gasteiger partial charge in [0.05, 0.1) is 6.54 Å². The predicted octanol–water partition coefficient (Wildman–Crippen LogP) is 1.26. The highest BCUT2D eigenvalue weighted by molar-refractivity contribution is 9.10. The van der Waals surface area contributed by atoms with Crippen LogP contribution in [0.4, 0.5) is 0 Å². The van der Waals surface area contributed by atoms with Gasteiger partial charge < -0.3 is 16.0 Å². The smallest absolute Gasteiger partial charge is 0.237 e. The predicted molar refractivity (Wildman–Crippen MR) is 81.9 cm³/mol. The lowest BCUT2D eigenvalue weighted by molar-refractivity contribution is -0.135. The van der Waals surface area contributed by atoms with Crippen molar-refractivity contribution < 1.29 is 9.59 Å². The van der Waals surface area contributed by atoms with Crippen LogP contribution in [0.25, 0.3) is 0 Å². The highest BCUT2D eigenvalue weighted by Gasteiger charge is 2.15. The summed E-state index contributed by atoms with van der Waals surface area (Å²) in [6, 6.07) is 7.63. The van der Waals surface area contributed by atoms with E-state index in [9.17, 15) is 9.59 Å². The van der Waals surface area contributed by atoms with E-state index in [4.69, 9.17) is 5.73 Å². The van der Waals surface area contributed by atoms with Crippen LogP contribution in [0.5, 0.6) is 0 Å². The van der Waals surface area contributed by atoms with Crippen molar-refractivity contribution in [2.45, 2.75) is 19.9 Å². The minimum absolute atomic E-state index is 0.0545. The van der Waals surface area contributed by atoms with Crippen molar-refractivity contribution in [1.82, 2.24) is 10.2 Å². The van der Waals surface area contributed by atoms with E-state index >= 15 is 0 Å². The molecule has 0 aromatic heterocycles. The van der Waals surface area contributed by atoms with Gasteiger partial charge in [-0.1, -0.05) is 35.0 Å². The second kappa shape index (κ2) is 8.71. The fourth-order valence-electron chi connectivity index (χ4n) is 1.76. The van der Waals surface area contributed by atoms with Gasteiger partial charge in [-0.25, -0.2) is 0 Å². The van der Waals surface area contributed by atoms with Gasteiger partial charge in [0.25, 0.3) is 0 Å². The van der Waals surface area contributed by atoms with E-state index in [1.54, 1.807) is 0 Å². The molecule has 110 valence electrons. The second-order valence-corrected chi connectivity index (χ2v) is 5.36. The van der Waals surface area contributed by atoms with Crippen LogP contribution in [0, 0.1) is 0 Å². The van der Waals surface area contributed by atoms with Crippen molar-refractivity contribution in [2.24, 2.45) is 5.73 Å². The summed E-state index contributed by atoms with van der Waals surface area (Å²) in [5.74, 6) is -0.577. The zero-order valence-corrected chi connectivity index (χ0v) is 13.1. The van der Waals surface area contributed by atoms with Crippen LogP contribution in [-0.2, 0) is 16.1 Å². The molecule has 1 aromatic carbocycles. The average molecular weight is 342 g/mol. The van der Waals surface area contributed by atoms with Gasteiger partial charge in [-0.05, 0) is 24.2 Å². The van der Waals surface area contributed by atoms with Gasteiger partial charge in [-0.3, -0.25) is 9.59 Å². The molecule has 0 aliphatic carbocycles. The maximum atomic E-state index is 12.1. The standard InChI is InChI=1S/C14H20BrN3O2/c1-2-17-8-7-14(20)18(10-13(16)19)9-11-3-5-12(15)6-4-11/h3-6,17H,2,7-10H2,1H3,(H2,16,19). The topological polar surface area (TPSA) is 75.4 Å². The Hall–Kier alpha value is -1.40. The van der Waals surface area contributed by atoms with Gasteiger partial charge in [0.2, 0.25) is 11.8 Å². The summed E-state index contributed by atoms with van der Waals surface area (Å²) in [5.41, 5.74) is 6.17. The number of benzene rings is 1. The lowest BCUT2D eigenvalue weighted by Gasteiger charge is -2.21. The van der Waals surface area contributed by atoms with E-state index in [1.165, 1.54) is 4.90 Å². The fourth-order valence-corrected chi connectivity index (χ4v) is 2.03. The number of halogens is 1. The van der Waals surface area contributed by atoms with Crippen molar-refractivity contribution >= 4 is 27.7 Å². The Morgan fingerprint density at radius 3 is 2.50 bits per heavy atom. The molecule has 0 unspecified atom stereocenters.